The summed E-state index contributed by atoms with van der Waals surface area (Å²) >= 11 is 0. The van der Waals surface area contributed by atoms with Gasteiger partial charge in [-0.15, -0.1) is 0 Å². The van der Waals surface area contributed by atoms with Crippen molar-refractivity contribution in [2.75, 3.05) is 13.1 Å². The summed E-state index contributed by atoms with van der Waals surface area (Å²) in [6, 6.07) is 11.7. The molecule has 0 aromatic heterocycles. The fraction of sp³-hybridized carbons (Fsp3) is 0.316. The molecular weight excluding hydrogens is 315 g/mol. The number of hydrogen-bond donors (Lipinski definition) is 0. The van der Waals surface area contributed by atoms with Crippen molar-refractivity contribution >= 4 is 5.78 Å². The van der Waals surface area contributed by atoms with Gasteiger partial charge in [0.2, 0.25) is 0 Å². The molecule has 0 atom stereocenters. The maximum atomic E-state index is 12.8. The minimum Gasteiger partial charge on any atom is -0.299 e. The minimum atomic E-state index is -4.45. The van der Waals surface area contributed by atoms with E-state index in [-0.39, 0.29) is 11.3 Å². The lowest BCUT2D eigenvalue weighted by atomic mass is 9.99. The minimum absolute atomic E-state index is 0.0585. The summed E-state index contributed by atoms with van der Waals surface area (Å²) in [7, 11) is 0. The lowest BCUT2D eigenvalue weighted by Gasteiger charge is -2.15. The Balaban J connectivity index is 1.82. The normalized spacial score (nSPS) is 15.6. The van der Waals surface area contributed by atoms with Crippen LogP contribution in [0.15, 0.2) is 48.5 Å². The zero-order valence-electron chi connectivity index (χ0n) is 13.1. The summed E-state index contributed by atoms with van der Waals surface area (Å²) < 4.78 is 38.4. The fourth-order valence-electron chi connectivity index (χ4n) is 3.01. The van der Waals surface area contributed by atoms with E-state index >= 15 is 0 Å². The number of ketones is 1. The second-order valence-electron chi connectivity index (χ2n) is 6.09. The quantitative estimate of drug-likeness (QED) is 0.766. The predicted octanol–water partition coefficient (Wildman–Crippen LogP) is 4.53. The molecule has 1 aliphatic heterocycles. The van der Waals surface area contributed by atoms with Crippen molar-refractivity contribution in [2.45, 2.75) is 25.6 Å². The van der Waals surface area contributed by atoms with Gasteiger partial charge in [-0.1, -0.05) is 30.3 Å². The molecule has 126 valence electrons. The molecule has 0 unspecified atom stereocenters. The Morgan fingerprint density at radius 3 is 2.25 bits per heavy atom. The van der Waals surface area contributed by atoms with Gasteiger partial charge in [0.1, 0.15) is 0 Å². The Kier molecular flexibility index (Phi) is 4.71. The number of hydrogen-bond acceptors (Lipinski definition) is 2. The summed E-state index contributed by atoms with van der Waals surface area (Å²) in [5.41, 5.74) is 0.686. The molecule has 1 saturated heterocycles. The first kappa shape index (κ1) is 16.7. The second kappa shape index (κ2) is 6.77. The molecule has 2 aromatic rings. The van der Waals surface area contributed by atoms with E-state index in [0.717, 1.165) is 37.3 Å². The summed E-state index contributed by atoms with van der Waals surface area (Å²) in [6.07, 6.45) is -2.08. The first-order valence-electron chi connectivity index (χ1n) is 7.97. The molecule has 0 aliphatic carbocycles. The van der Waals surface area contributed by atoms with Crippen molar-refractivity contribution in [1.29, 1.82) is 0 Å². The zero-order valence-corrected chi connectivity index (χ0v) is 13.1. The van der Waals surface area contributed by atoms with E-state index in [0.29, 0.717) is 5.56 Å². The van der Waals surface area contributed by atoms with Crippen LogP contribution in [0.4, 0.5) is 13.2 Å². The highest BCUT2D eigenvalue weighted by molar-refractivity contribution is 6.09. The summed E-state index contributed by atoms with van der Waals surface area (Å²) in [5, 5.41) is 0. The molecule has 24 heavy (non-hydrogen) atoms. The van der Waals surface area contributed by atoms with E-state index in [1.165, 1.54) is 25.0 Å². The van der Waals surface area contributed by atoms with E-state index in [1.807, 2.05) is 6.07 Å². The van der Waals surface area contributed by atoms with Crippen LogP contribution in [0.3, 0.4) is 0 Å². The molecule has 0 bridgehead atoms. The van der Waals surface area contributed by atoms with Gasteiger partial charge in [0.15, 0.2) is 5.78 Å². The molecule has 0 spiro atoms. The number of carbonyl (C=O) groups excluding carboxylic acids is 1. The molecule has 1 fully saturated rings. The lowest BCUT2D eigenvalue weighted by molar-refractivity contribution is -0.137. The lowest BCUT2D eigenvalue weighted by Crippen LogP contribution is -2.18. The molecule has 3 rings (SSSR count). The molecule has 0 radical (unpaired) electrons. The van der Waals surface area contributed by atoms with Crippen molar-refractivity contribution in [3.05, 3.63) is 70.8 Å². The van der Waals surface area contributed by atoms with Crippen molar-refractivity contribution in [1.82, 2.24) is 4.90 Å². The zero-order chi connectivity index (χ0) is 17.2. The van der Waals surface area contributed by atoms with Gasteiger partial charge < -0.3 is 0 Å². The van der Waals surface area contributed by atoms with Crippen LogP contribution in [0.2, 0.25) is 0 Å². The highest BCUT2D eigenvalue weighted by Crippen LogP contribution is 2.30. The summed E-state index contributed by atoms with van der Waals surface area (Å²) in [4.78, 5) is 14.8. The van der Waals surface area contributed by atoms with E-state index in [9.17, 15) is 18.0 Å². The van der Waals surface area contributed by atoms with Crippen molar-refractivity contribution < 1.29 is 18.0 Å². The molecule has 2 nitrogen and oxygen atoms in total. The van der Waals surface area contributed by atoms with Crippen LogP contribution in [0.1, 0.15) is 39.9 Å². The van der Waals surface area contributed by atoms with Gasteiger partial charge in [-0.25, -0.2) is 0 Å². The van der Waals surface area contributed by atoms with Gasteiger partial charge in [-0.3, -0.25) is 9.69 Å². The average Bonchev–Trinajstić information content (AvgIpc) is 3.07. The Hall–Kier alpha value is -2.14. The topological polar surface area (TPSA) is 20.3 Å². The molecule has 0 saturated carbocycles. The van der Waals surface area contributed by atoms with Crippen LogP contribution in [0.25, 0.3) is 0 Å². The number of carbonyl (C=O) groups is 1. The highest BCUT2D eigenvalue weighted by Gasteiger charge is 2.31. The van der Waals surface area contributed by atoms with Crippen LogP contribution in [-0.4, -0.2) is 23.8 Å². The maximum absolute atomic E-state index is 12.8. The molecule has 2 aromatic carbocycles. The first-order valence-corrected chi connectivity index (χ1v) is 7.97. The number of rotatable bonds is 4. The van der Waals surface area contributed by atoms with Crippen molar-refractivity contribution in [2.24, 2.45) is 0 Å². The summed E-state index contributed by atoms with van der Waals surface area (Å²) in [6.45, 7) is 2.86. The average molecular weight is 333 g/mol. The summed E-state index contributed by atoms with van der Waals surface area (Å²) in [5.74, 6) is -0.385. The molecule has 1 aliphatic rings. The maximum Gasteiger partial charge on any atom is 0.416 e. The third-order valence-corrected chi connectivity index (χ3v) is 4.25. The third-order valence-electron chi connectivity index (χ3n) is 4.25. The first-order chi connectivity index (χ1) is 11.4. The van der Waals surface area contributed by atoms with Crippen molar-refractivity contribution in [3.63, 3.8) is 0 Å². The number of benzene rings is 2. The van der Waals surface area contributed by atoms with E-state index in [2.05, 4.69) is 4.90 Å². The van der Waals surface area contributed by atoms with Gasteiger partial charge >= 0.3 is 6.18 Å². The standard InChI is InChI=1S/C19H18F3NO/c20-19(21,22)17-8-4-7-16(12-17)18(24)15-6-3-5-14(11-15)13-23-9-1-2-10-23/h3-8,11-12H,1-2,9-10,13H2. The second-order valence-corrected chi connectivity index (χ2v) is 6.09. The molecule has 1 heterocycles. The van der Waals surface area contributed by atoms with Gasteiger partial charge in [-0.2, -0.15) is 13.2 Å². The van der Waals surface area contributed by atoms with Gasteiger partial charge in [0, 0.05) is 17.7 Å². The van der Waals surface area contributed by atoms with Crippen LogP contribution >= 0.6 is 0 Å². The van der Waals surface area contributed by atoms with Crippen molar-refractivity contribution in [3.8, 4) is 0 Å². The SMILES string of the molecule is O=C(c1cccc(CN2CCCC2)c1)c1cccc(C(F)(F)F)c1. The molecule has 5 heteroatoms. The van der Waals surface area contributed by atoms with E-state index in [1.54, 1.807) is 18.2 Å². The Morgan fingerprint density at radius 2 is 1.58 bits per heavy atom. The van der Waals surface area contributed by atoms with Gasteiger partial charge in [0.25, 0.3) is 0 Å². The Morgan fingerprint density at radius 1 is 0.958 bits per heavy atom. The smallest absolute Gasteiger partial charge is 0.299 e. The molecule has 0 N–H and O–H groups in total. The number of alkyl halides is 3. The number of nitrogens with zero attached hydrogens (tertiary/aromatic N) is 1. The monoisotopic (exact) mass is 333 g/mol. The van der Waals surface area contributed by atoms with E-state index in [4.69, 9.17) is 0 Å². The molecular formula is C19H18F3NO. The predicted molar refractivity (Wildman–Crippen MR) is 85.8 cm³/mol. The fourth-order valence-corrected chi connectivity index (χ4v) is 3.01. The van der Waals surface area contributed by atoms with Gasteiger partial charge in [0.05, 0.1) is 5.56 Å². The largest absolute Gasteiger partial charge is 0.416 e. The van der Waals surface area contributed by atoms with Gasteiger partial charge in [-0.05, 0) is 49.7 Å². The Labute approximate surface area is 138 Å². The van der Waals surface area contributed by atoms with Crippen LogP contribution in [0.5, 0.6) is 0 Å². The highest BCUT2D eigenvalue weighted by atomic mass is 19.4. The van der Waals surface area contributed by atoms with Crippen LogP contribution in [0, 0.1) is 0 Å². The van der Waals surface area contributed by atoms with E-state index < -0.39 is 11.7 Å². The number of halogens is 3. The number of likely N-dealkylation sites (tertiary alicyclic amines) is 1. The molecule has 0 amide bonds. The Bertz CT molecular complexity index is 733. The van der Waals surface area contributed by atoms with Crippen LogP contribution < -0.4 is 0 Å². The third kappa shape index (κ3) is 3.85. The van der Waals surface area contributed by atoms with Crippen LogP contribution in [-0.2, 0) is 12.7 Å².